The Balaban J connectivity index is 1.42. The third-order valence-electron chi connectivity index (χ3n) is 5.77. The Morgan fingerprint density at radius 3 is 2.26 bits per heavy atom. The van der Waals surface area contributed by atoms with Crippen LogP contribution in [0.15, 0.2) is 79.4 Å². The Hall–Kier alpha value is -4.46. The highest BCUT2D eigenvalue weighted by Crippen LogP contribution is 2.44. The molecule has 1 aliphatic carbocycles. The van der Waals surface area contributed by atoms with Crippen LogP contribution < -0.4 is 10.6 Å². The minimum absolute atomic E-state index is 0.0456. The number of carbonyl (C=O) groups excluding carboxylic acids is 2. The number of fused-ring (bicyclic) bond motifs is 3. The van der Waals surface area contributed by atoms with Gasteiger partial charge in [0.25, 0.3) is 0 Å². The van der Waals surface area contributed by atoms with Crippen molar-refractivity contribution in [1.29, 1.82) is 0 Å². The zero-order chi connectivity index (χ0) is 24.9. The normalized spacial score (nSPS) is 12.7. The summed E-state index contributed by atoms with van der Waals surface area (Å²) in [4.78, 5) is 36.4. The molecule has 35 heavy (non-hydrogen) atoms. The van der Waals surface area contributed by atoms with Gasteiger partial charge >= 0.3 is 12.1 Å². The van der Waals surface area contributed by atoms with Crippen LogP contribution in [0.2, 0.25) is 0 Å². The van der Waals surface area contributed by atoms with Crippen molar-refractivity contribution in [2.45, 2.75) is 18.4 Å². The molecule has 178 valence electrons. The second-order valence-electron chi connectivity index (χ2n) is 8.07. The highest BCUT2D eigenvalue weighted by molar-refractivity contribution is 5.98. The highest BCUT2D eigenvalue weighted by Gasteiger charge is 2.29. The Labute approximate surface area is 201 Å². The molecule has 0 fully saturated rings. The van der Waals surface area contributed by atoms with Crippen LogP contribution in [0.25, 0.3) is 11.1 Å². The van der Waals surface area contributed by atoms with E-state index in [-0.39, 0.29) is 30.2 Å². The number of alkyl carbamates (subject to hydrolysis) is 1. The van der Waals surface area contributed by atoms with Crippen molar-refractivity contribution in [3.63, 3.8) is 0 Å². The fourth-order valence-corrected chi connectivity index (χ4v) is 4.20. The van der Waals surface area contributed by atoms with E-state index < -0.39 is 29.8 Å². The SMILES string of the molecule is C=CCC(NC(=O)OCC1c2ccccc2-c2ccccc21)C(=O)Nc1cc(F)cc(C(=O)O)c1. The van der Waals surface area contributed by atoms with E-state index in [1.165, 1.54) is 6.08 Å². The summed E-state index contributed by atoms with van der Waals surface area (Å²) in [6, 6.07) is 17.7. The van der Waals surface area contributed by atoms with Gasteiger partial charge in [0.05, 0.1) is 5.56 Å². The highest BCUT2D eigenvalue weighted by atomic mass is 19.1. The van der Waals surface area contributed by atoms with Gasteiger partial charge in [0.15, 0.2) is 0 Å². The van der Waals surface area contributed by atoms with Crippen LogP contribution in [0.5, 0.6) is 0 Å². The second-order valence-corrected chi connectivity index (χ2v) is 8.07. The smallest absolute Gasteiger partial charge is 0.407 e. The summed E-state index contributed by atoms with van der Waals surface area (Å²) in [5.74, 6) is -2.95. The number of anilines is 1. The van der Waals surface area contributed by atoms with Gasteiger partial charge in [0.1, 0.15) is 18.5 Å². The van der Waals surface area contributed by atoms with Gasteiger partial charge in [-0.05, 0) is 46.9 Å². The van der Waals surface area contributed by atoms with E-state index in [2.05, 4.69) is 17.2 Å². The van der Waals surface area contributed by atoms with Crippen molar-refractivity contribution in [3.05, 3.63) is 102 Å². The predicted molar refractivity (Wildman–Crippen MR) is 129 cm³/mol. The minimum atomic E-state index is -1.33. The van der Waals surface area contributed by atoms with Gasteiger partial charge in [-0.2, -0.15) is 0 Å². The molecule has 0 aromatic heterocycles. The van der Waals surface area contributed by atoms with E-state index in [0.29, 0.717) is 0 Å². The Morgan fingerprint density at radius 2 is 1.66 bits per heavy atom. The quantitative estimate of drug-likeness (QED) is 0.401. The van der Waals surface area contributed by atoms with Crippen molar-refractivity contribution in [3.8, 4) is 11.1 Å². The number of nitrogens with one attached hydrogen (secondary N) is 2. The molecular formula is C27H23FN2O5. The standard InChI is InChI=1S/C27H23FN2O5/c1-2-7-24(25(31)29-18-13-16(26(32)33)12-17(28)14-18)30-27(34)35-15-23-21-10-5-3-8-19(21)20-9-4-6-11-22(20)23/h2-6,8-14,23-24H,1,7,15H2,(H,29,31)(H,30,34)(H,32,33). The number of amides is 2. The lowest BCUT2D eigenvalue weighted by atomic mass is 9.98. The Bertz CT molecular complexity index is 1260. The van der Waals surface area contributed by atoms with Gasteiger partial charge in [-0.1, -0.05) is 54.6 Å². The van der Waals surface area contributed by atoms with E-state index in [0.717, 1.165) is 40.5 Å². The molecule has 0 bridgehead atoms. The van der Waals surface area contributed by atoms with Crippen LogP contribution in [0.4, 0.5) is 14.9 Å². The number of hydrogen-bond acceptors (Lipinski definition) is 4. The average molecular weight is 474 g/mol. The zero-order valence-corrected chi connectivity index (χ0v) is 18.7. The first kappa shape index (κ1) is 23.7. The van der Waals surface area contributed by atoms with Crippen molar-refractivity contribution in [2.75, 3.05) is 11.9 Å². The van der Waals surface area contributed by atoms with Crippen LogP contribution in [-0.2, 0) is 9.53 Å². The molecule has 3 aromatic carbocycles. The van der Waals surface area contributed by atoms with Crippen molar-refractivity contribution in [2.24, 2.45) is 0 Å². The molecule has 0 spiro atoms. The van der Waals surface area contributed by atoms with Gasteiger partial charge in [-0.25, -0.2) is 14.0 Å². The number of hydrogen-bond donors (Lipinski definition) is 3. The summed E-state index contributed by atoms with van der Waals surface area (Å²) in [6.45, 7) is 3.68. The average Bonchev–Trinajstić information content (AvgIpc) is 3.16. The molecule has 1 aliphatic rings. The number of halogens is 1. The van der Waals surface area contributed by atoms with Gasteiger partial charge in [0, 0.05) is 11.6 Å². The number of carboxylic acids is 1. The first-order chi connectivity index (χ1) is 16.9. The van der Waals surface area contributed by atoms with Crippen molar-refractivity contribution >= 4 is 23.7 Å². The minimum Gasteiger partial charge on any atom is -0.478 e. The fraction of sp³-hybridized carbons (Fsp3) is 0.148. The molecule has 0 aliphatic heterocycles. The van der Waals surface area contributed by atoms with Crippen LogP contribution >= 0.6 is 0 Å². The summed E-state index contributed by atoms with van der Waals surface area (Å²) < 4.78 is 19.2. The van der Waals surface area contributed by atoms with Crippen LogP contribution in [-0.4, -0.2) is 35.7 Å². The monoisotopic (exact) mass is 474 g/mol. The molecule has 0 heterocycles. The van der Waals surface area contributed by atoms with Crippen molar-refractivity contribution < 1.29 is 28.6 Å². The lowest BCUT2D eigenvalue weighted by Gasteiger charge is -2.19. The Kier molecular flexibility index (Phi) is 6.91. The molecule has 3 aromatic rings. The van der Waals surface area contributed by atoms with Gasteiger partial charge < -0.3 is 20.5 Å². The molecule has 1 unspecified atom stereocenters. The predicted octanol–water partition coefficient (Wildman–Crippen LogP) is 4.95. The summed E-state index contributed by atoms with van der Waals surface area (Å²) >= 11 is 0. The molecule has 0 radical (unpaired) electrons. The molecule has 2 amide bonds. The summed E-state index contributed by atoms with van der Waals surface area (Å²) in [5.41, 5.74) is 3.94. The third kappa shape index (κ3) is 5.22. The molecule has 8 heteroatoms. The van der Waals surface area contributed by atoms with E-state index in [4.69, 9.17) is 9.84 Å². The largest absolute Gasteiger partial charge is 0.478 e. The molecule has 4 rings (SSSR count). The van der Waals surface area contributed by atoms with E-state index in [1.54, 1.807) is 0 Å². The van der Waals surface area contributed by atoms with Gasteiger partial charge in [-0.3, -0.25) is 4.79 Å². The van der Waals surface area contributed by atoms with E-state index >= 15 is 0 Å². The maximum atomic E-state index is 13.7. The number of aromatic carboxylic acids is 1. The van der Waals surface area contributed by atoms with E-state index in [9.17, 15) is 18.8 Å². The molecule has 3 N–H and O–H groups in total. The number of carboxylic acid groups (broad SMARTS) is 1. The first-order valence-corrected chi connectivity index (χ1v) is 10.9. The molecular weight excluding hydrogens is 451 g/mol. The number of benzene rings is 3. The molecule has 0 saturated carbocycles. The van der Waals surface area contributed by atoms with Crippen LogP contribution in [0.1, 0.15) is 33.8 Å². The lowest BCUT2D eigenvalue weighted by Crippen LogP contribution is -2.44. The maximum absolute atomic E-state index is 13.7. The maximum Gasteiger partial charge on any atom is 0.407 e. The van der Waals surface area contributed by atoms with Gasteiger partial charge in [0.2, 0.25) is 5.91 Å². The molecule has 7 nitrogen and oxygen atoms in total. The number of carbonyl (C=O) groups is 3. The number of rotatable bonds is 8. The number of ether oxygens (including phenoxy) is 1. The Morgan fingerprint density at radius 1 is 1.03 bits per heavy atom. The molecule has 1 atom stereocenters. The topological polar surface area (TPSA) is 105 Å². The van der Waals surface area contributed by atoms with Gasteiger partial charge in [-0.15, -0.1) is 6.58 Å². The summed E-state index contributed by atoms with van der Waals surface area (Å²) in [5, 5.41) is 14.0. The fourth-order valence-electron chi connectivity index (χ4n) is 4.20. The zero-order valence-electron chi connectivity index (χ0n) is 18.7. The van der Waals surface area contributed by atoms with Crippen LogP contribution in [0.3, 0.4) is 0 Å². The third-order valence-corrected chi connectivity index (χ3v) is 5.77. The van der Waals surface area contributed by atoms with Crippen molar-refractivity contribution in [1.82, 2.24) is 5.32 Å². The first-order valence-electron chi connectivity index (χ1n) is 10.9. The second kappa shape index (κ2) is 10.2. The molecule has 0 saturated heterocycles. The van der Waals surface area contributed by atoms with Crippen LogP contribution in [0, 0.1) is 5.82 Å². The summed E-state index contributed by atoms with van der Waals surface area (Å²) in [7, 11) is 0. The summed E-state index contributed by atoms with van der Waals surface area (Å²) in [6.07, 6.45) is 0.735. The lowest BCUT2D eigenvalue weighted by molar-refractivity contribution is -0.118. The van der Waals surface area contributed by atoms with E-state index in [1.807, 2.05) is 48.5 Å².